The molecule has 5 atom stereocenters. The van der Waals surface area contributed by atoms with Gasteiger partial charge < -0.3 is 105 Å². The molecular formula is C41H30O26. The van der Waals surface area contributed by atoms with E-state index >= 15 is 0 Å². The minimum absolute atomic E-state index is 0.362. The highest BCUT2D eigenvalue weighted by molar-refractivity contribution is 6.08. The van der Waals surface area contributed by atoms with Crippen LogP contribution in [0.4, 0.5) is 0 Å². The van der Waals surface area contributed by atoms with E-state index in [4.69, 9.17) is 28.4 Å². The summed E-state index contributed by atoms with van der Waals surface area (Å²) in [5, 5.41) is 155. The fourth-order valence-corrected chi connectivity index (χ4v) is 6.77. The lowest BCUT2D eigenvalue weighted by Gasteiger charge is -2.44. The van der Waals surface area contributed by atoms with E-state index in [1.165, 1.54) is 0 Å². The summed E-state index contributed by atoms with van der Waals surface area (Å²) >= 11 is 0. The number of benzene rings is 5. The van der Waals surface area contributed by atoms with Crippen LogP contribution in [0, 0.1) is 0 Å². The van der Waals surface area contributed by atoms with Crippen LogP contribution in [0.2, 0.25) is 0 Å². The topological polar surface area (TPSA) is 444 Å². The van der Waals surface area contributed by atoms with E-state index in [0.717, 1.165) is 0 Å². The van der Waals surface area contributed by atoms with Gasteiger partial charge in [0.25, 0.3) is 0 Å². The summed E-state index contributed by atoms with van der Waals surface area (Å²) in [4.78, 5) is 69.9. The van der Waals surface area contributed by atoms with Gasteiger partial charge in [-0.1, -0.05) is 0 Å². The lowest BCUT2D eigenvalue weighted by molar-refractivity contribution is -0.282. The second-order valence-electron chi connectivity index (χ2n) is 14.3. The fraction of sp³-hybridized carbons (Fsp3) is 0.146. The summed E-state index contributed by atoms with van der Waals surface area (Å²) < 4.78 is 33.5. The Morgan fingerprint density at radius 1 is 0.433 bits per heavy atom. The molecule has 0 amide bonds. The number of aromatic hydroxyl groups is 15. The van der Waals surface area contributed by atoms with Crippen LogP contribution < -0.4 is 0 Å². The van der Waals surface area contributed by atoms with Crippen molar-refractivity contribution < 1.29 is 129 Å². The van der Waals surface area contributed by atoms with E-state index in [1.54, 1.807) is 0 Å². The van der Waals surface area contributed by atoms with E-state index in [0.29, 0.717) is 48.5 Å². The average Bonchev–Trinajstić information content (AvgIpc) is 3.27. The molecule has 5 aromatic rings. The largest absolute Gasteiger partial charge is 0.504 e. The Kier molecular flexibility index (Phi) is 11.4. The van der Waals surface area contributed by atoms with E-state index in [9.17, 15) is 101 Å². The molecule has 26 heteroatoms. The van der Waals surface area contributed by atoms with Crippen molar-refractivity contribution >= 4 is 29.8 Å². The van der Waals surface area contributed by atoms with Crippen molar-refractivity contribution in [1.29, 1.82) is 0 Å². The van der Waals surface area contributed by atoms with Gasteiger partial charge in [0, 0.05) is 11.1 Å². The first-order valence-corrected chi connectivity index (χ1v) is 18.5. The van der Waals surface area contributed by atoms with Crippen molar-refractivity contribution in [1.82, 2.24) is 0 Å². The van der Waals surface area contributed by atoms with Crippen LogP contribution in [0.15, 0.2) is 48.5 Å². The van der Waals surface area contributed by atoms with Crippen LogP contribution >= 0.6 is 0 Å². The van der Waals surface area contributed by atoms with Crippen LogP contribution in [0.25, 0.3) is 11.1 Å². The smallest absolute Gasteiger partial charge is 0.340 e. The number of fused-ring (bicyclic) bond motifs is 5. The highest BCUT2D eigenvalue weighted by atomic mass is 16.7. The molecule has 0 aliphatic carbocycles. The van der Waals surface area contributed by atoms with Gasteiger partial charge in [-0.05, 0) is 48.5 Å². The molecule has 7 rings (SSSR count). The normalized spacial score (nSPS) is 19.0. The minimum Gasteiger partial charge on any atom is -0.504 e. The van der Waals surface area contributed by atoms with Gasteiger partial charge in [-0.25, -0.2) is 24.0 Å². The number of hydrogen-bond acceptors (Lipinski definition) is 26. The van der Waals surface area contributed by atoms with Gasteiger partial charge in [-0.2, -0.15) is 0 Å². The second kappa shape index (κ2) is 16.8. The summed E-state index contributed by atoms with van der Waals surface area (Å²) in [5.41, 5.74) is -6.78. The standard InChI is InChI=1S/C41H30O26/c42-15-1-10(2-16(43)26(15)50)36(57)64-33-23-9-62-39(60)13-7-21(48)29(53)31(55)24(13)25-14(8-22(49)30(54)32(25)56)40(61)65-34(33)35(66-37(58)11-3-17(44)27(51)18(45)4-11)41(63-23)67-38(59)12-5-19(46)28(52)20(47)6-12/h1-8,23,33-35,41-56H,9H2/t23-,33+,34+,35-,41+/m1/s1. The highest BCUT2D eigenvalue weighted by Gasteiger charge is 2.55. The quantitative estimate of drug-likeness (QED) is 0.0654. The molecule has 1 fully saturated rings. The van der Waals surface area contributed by atoms with Crippen LogP contribution in [-0.4, -0.2) is 144 Å². The number of phenolic OH excluding ortho intramolecular Hbond substituents is 15. The number of rotatable bonds is 6. The van der Waals surface area contributed by atoms with Gasteiger partial charge in [0.15, 0.2) is 87.0 Å². The lowest BCUT2D eigenvalue weighted by Crippen LogP contribution is -2.63. The van der Waals surface area contributed by atoms with Gasteiger partial charge in [0.1, 0.15) is 12.7 Å². The predicted octanol–water partition coefficient (Wildman–Crippen LogP) is 1.67. The molecule has 0 spiro atoms. The number of carbonyl (C=O) groups is 5. The molecule has 0 unspecified atom stereocenters. The zero-order valence-electron chi connectivity index (χ0n) is 32.9. The summed E-state index contributed by atoms with van der Waals surface area (Å²) in [5.74, 6) is -26.7. The number of esters is 5. The van der Waals surface area contributed by atoms with Crippen molar-refractivity contribution in [2.45, 2.75) is 30.7 Å². The number of ether oxygens (including phenoxy) is 6. The first kappa shape index (κ1) is 45.4. The molecule has 67 heavy (non-hydrogen) atoms. The Bertz CT molecular complexity index is 2870. The second-order valence-corrected chi connectivity index (χ2v) is 14.3. The maximum absolute atomic E-state index is 14.6. The Balaban J connectivity index is 1.46. The maximum atomic E-state index is 14.6. The van der Waals surface area contributed by atoms with Gasteiger partial charge in [-0.15, -0.1) is 0 Å². The van der Waals surface area contributed by atoms with Crippen molar-refractivity contribution in [3.63, 3.8) is 0 Å². The number of hydrogen-bond donors (Lipinski definition) is 15. The average molecular weight is 939 g/mol. The van der Waals surface area contributed by atoms with Crippen molar-refractivity contribution in [3.05, 3.63) is 76.3 Å². The molecule has 2 bridgehead atoms. The molecule has 2 heterocycles. The lowest BCUT2D eigenvalue weighted by atomic mass is 9.91. The number of carbonyl (C=O) groups excluding carboxylic acids is 5. The van der Waals surface area contributed by atoms with Crippen LogP contribution in [0.3, 0.4) is 0 Å². The van der Waals surface area contributed by atoms with E-state index < -0.39 is 192 Å². The summed E-state index contributed by atoms with van der Waals surface area (Å²) in [6.07, 6.45) is -12.3. The molecule has 5 aromatic carbocycles. The Morgan fingerprint density at radius 2 is 0.776 bits per heavy atom. The highest BCUT2D eigenvalue weighted by Crippen LogP contribution is 2.53. The molecule has 0 radical (unpaired) electrons. The van der Waals surface area contributed by atoms with Crippen LogP contribution in [0.5, 0.6) is 86.2 Å². The molecule has 350 valence electrons. The summed E-state index contributed by atoms with van der Waals surface area (Å²) in [7, 11) is 0. The minimum atomic E-state index is -2.57. The Morgan fingerprint density at radius 3 is 1.18 bits per heavy atom. The zero-order chi connectivity index (χ0) is 49.1. The summed E-state index contributed by atoms with van der Waals surface area (Å²) in [6.45, 7) is -1.28. The maximum Gasteiger partial charge on any atom is 0.340 e. The Labute approximate surface area is 369 Å². The molecule has 2 aliphatic heterocycles. The molecule has 0 saturated carbocycles. The van der Waals surface area contributed by atoms with Crippen LogP contribution in [0.1, 0.15) is 51.8 Å². The third-order valence-corrected chi connectivity index (χ3v) is 10.0. The molecular weight excluding hydrogens is 908 g/mol. The van der Waals surface area contributed by atoms with Gasteiger partial charge in [-0.3, -0.25) is 0 Å². The van der Waals surface area contributed by atoms with Gasteiger partial charge in [0.2, 0.25) is 23.9 Å². The fourth-order valence-electron chi connectivity index (χ4n) is 6.77. The third-order valence-electron chi connectivity index (χ3n) is 10.0. The van der Waals surface area contributed by atoms with Gasteiger partial charge >= 0.3 is 29.8 Å². The molecule has 1 saturated heterocycles. The van der Waals surface area contributed by atoms with E-state index in [1.807, 2.05) is 0 Å². The molecule has 26 nitrogen and oxygen atoms in total. The van der Waals surface area contributed by atoms with E-state index in [2.05, 4.69) is 0 Å². The van der Waals surface area contributed by atoms with Gasteiger partial charge in [0.05, 0.1) is 27.8 Å². The number of cyclic esters (lactones) is 1. The first-order valence-electron chi connectivity index (χ1n) is 18.5. The van der Waals surface area contributed by atoms with E-state index in [-0.39, 0.29) is 0 Å². The van der Waals surface area contributed by atoms with Crippen LogP contribution in [-0.2, 0) is 28.4 Å². The number of phenols is 15. The molecule has 2 aliphatic rings. The van der Waals surface area contributed by atoms with Crippen molar-refractivity contribution in [2.24, 2.45) is 0 Å². The zero-order valence-corrected chi connectivity index (χ0v) is 32.9. The Hall–Kier alpha value is -9.59. The SMILES string of the molecule is O=C(O[C@@H]1O[C@@H]2COC(=O)c3cc(O)c(O)c(O)c3-c3c(cc(O)c(O)c3O)C(=O)O[C@@H]([C@H]2OC(=O)c2cc(O)c(O)c(O)c2)[C@H]1OC(=O)c1cc(O)c(O)c(O)c1)c1cc(O)c(O)c(O)c1. The molecule has 15 N–H and O–H groups in total. The molecule has 0 aromatic heterocycles. The predicted molar refractivity (Wildman–Crippen MR) is 208 cm³/mol. The monoisotopic (exact) mass is 938 g/mol. The third kappa shape index (κ3) is 8.12. The van der Waals surface area contributed by atoms with Crippen molar-refractivity contribution in [3.8, 4) is 97.4 Å². The first-order chi connectivity index (χ1) is 31.5. The van der Waals surface area contributed by atoms with Crippen molar-refractivity contribution in [2.75, 3.05) is 6.61 Å². The summed E-state index contributed by atoms with van der Waals surface area (Å²) in [6, 6.07) is 4.12.